The number of hydrogen-bond acceptors (Lipinski definition) is 4. The Kier molecular flexibility index (Phi) is 4.89. The van der Waals surface area contributed by atoms with E-state index in [1.165, 1.54) is 6.07 Å². The zero-order valence-electron chi connectivity index (χ0n) is 13.1. The number of halogens is 1. The molecule has 1 amide bonds. The van der Waals surface area contributed by atoms with Gasteiger partial charge in [-0.15, -0.1) is 0 Å². The topological polar surface area (TPSA) is 68.5 Å². The summed E-state index contributed by atoms with van der Waals surface area (Å²) in [5, 5.41) is 2.61. The molecule has 0 fully saturated rings. The van der Waals surface area contributed by atoms with Crippen molar-refractivity contribution in [3.8, 4) is 5.75 Å². The van der Waals surface area contributed by atoms with Crippen LogP contribution in [-0.2, 0) is 6.61 Å². The van der Waals surface area contributed by atoms with Gasteiger partial charge in [-0.3, -0.25) is 9.59 Å². The summed E-state index contributed by atoms with van der Waals surface area (Å²) in [5.74, 6) is -1.22. The van der Waals surface area contributed by atoms with Crippen LogP contribution in [0.1, 0.15) is 16.1 Å². The molecule has 1 N–H and O–H groups in total. The highest BCUT2D eigenvalue weighted by Gasteiger charge is 2.13. The van der Waals surface area contributed by atoms with Gasteiger partial charge in [-0.25, -0.2) is 4.39 Å². The number of ether oxygens (including phenoxy) is 1. The number of amides is 1. The molecule has 0 unspecified atom stereocenters. The van der Waals surface area contributed by atoms with Crippen molar-refractivity contribution in [2.75, 3.05) is 5.32 Å². The quantitative estimate of drug-likeness (QED) is 0.771. The van der Waals surface area contributed by atoms with Gasteiger partial charge in [-0.1, -0.05) is 36.4 Å². The van der Waals surface area contributed by atoms with Crippen molar-refractivity contribution in [2.45, 2.75) is 6.61 Å². The number of carbonyl (C=O) groups is 1. The summed E-state index contributed by atoms with van der Waals surface area (Å²) < 4.78 is 24.0. The second-order valence-corrected chi connectivity index (χ2v) is 5.17. The molecule has 0 spiro atoms. The summed E-state index contributed by atoms with van der Waals surface area (Å²) in [6.45, 7) is -0.118. The van der Waals surface area contributed by atoms with E-state index in [0.717, 1.165) is 12.3 Å². The standard InChI is InChI=1S/C19H14FNO4/c20-15-9-5-4-6-13(15)11-24-18-12-25-17(10-16(18)22)19(23)21-14-7-2-1-3-8-14/h1-10,12H,11H2,(H,21,23). The highest BCUT2D eigenvalue weighted by molar-refractivity contribution is 6.02. The van der Waals surface area contributed by atoms with E-state index in [2.05, 4.69) is 5.32 Å². The number of nitrogens with one attached hydrogen (secondary N) is 1. The van der Waals surface area contributed by atoms with E-state index in [-0.39, 0.29) is 18.1 Å². The Labute approximate surface area is 142 Å². The van der Waals surface area contributed by atoms with Gasteiger partial charge in [0, 0.05) is 17.3 Å². The highest BCUT2D eigenvalue weighted by atomic mass is 19.1. The van der Waals surface area contributed by atoms with Gasteiger partial charge in [0.15, 0.2) is 5.76 Å². The van der Waals surface area contributed by atoms with Crippen molar-refractivity contribution in [1.29, 1.82) is 0 Å². The van der Waals surface area contributed by atoms with E-state index in [1.54, 1.807) is 42.5 Å². The van der Waals surface area contributed by atoms with E-state index in [1.807, 2.05) is 6.07 Å². The maximum absolute atomic E-state index is 13.5. The summed E-state index contributed by atoms with van der Waals surface area (Å²) in [7, 11) is 0. The van der Waals surface area contributed by atoms with Crippen LogP contribution in [0.3, 0.4) is 0 Å². The minimum Gasteiger partial charge on any atom is -0.482 e. The lowest BCUT2D eigenvalue weighted by Crippen LogP contribution is -2.15. The van der Waals surface area contributed by atoms with E-state index < -0.39 is 17.2 Å². The van der Waals surface area contributed by atoms with Gasteiger partial charge in [-0.2, -0.15) is 0 Å². The second kappa shape index (κ2) is 7.44. The largest absolute Gasteiger partial charge is 0.482 e. The van der Waals surface area contributed by atoms with Gasteiger partial charge in [-0.05, 0) is 18.2 Å². The van der Waals surface area contributed by atoms with Crippen molar-refractivity contribution < 1.29 is 18.3 Å². The molecular formula is C19H14FNO4. The summed E-state index contributed by atoms with van der Waals surface area (Å²) in [6.07, 6.45) is 1.04. The lowest BCUT2D eigenvalue weighted by Gasteiger charge is -2.07. The fraction of sp³-hybridized carbons (Fsp3) is 0.0526. The van der Waals surface area contributed by atoms with Crippen LogP contribution in [0, 0.1) is 5.82 Å². The second-order valence-electron chi connectivity index (χ2n) is 5.17. The summed E-state index contributed by atoms with van der Waals surface area (Å²) in [5.41, 5.74) is 0.364. The molecule has 0 saturated heterocycles. The van der Waals surface area contributed by atoms with Crippen LogP contribution in [0.5, 0.6) is 5.75 Å². The first-order valence-electron chi connectivity index (χ1n) is 7.49. The van der Waals surface area contributed by atoms with E-state index in [4.69, 9.17) is 9.15 Å². The van der Waals surface area contributed by atoms with Crippen molar-refractivity contribution in [1.82, 2.24) is 0 Å². The minimum atomic E-state index is -0.552. The lowest BCUT2D eigenvalue weighted by molar-refractivity contribution is 0.0993. The molecule has 0 bridgehead atoms. The van der Waals surface area contributed by atoms with Crippen molar-refractivity contribution >= 4 is 11.6 Å². The molecule has 6 heteroatoms. The number of hydrogen-bond donors (Lipinski definition) is 1. The zero-order valence-corrected chi connectivity index (χ0v) is 13.1. The van der Waals surface area contributed by atoms with Gasteiger partial charge < -0.3 is 14.5 Å². The SMILES string of the molecule is O=C(Nc1ccccc1)c1cc(=O)c(OCc2ccccc2F)co1. The van der Waals surface area contributed by atoms with E-state index in [9.17, 15) is 14.0 Å². The third kappa shape index (κ3) is 4.11. The van der Waals surface area contributed by atoms with Crippen LogP contribution in [0.15, 0.2) is 76.1 Å². The first kappa shape index (κ1) is 16.4. The Morgan fingerprint density at radius 1 is 1.08 bits per heavy atom. The number of anilines is 1. The third-order valence-electron chi connectivity index (χ3n) is 3.39. The maximum Gasteiger partial charge on any atom is 0.291 e. The molecule has 0 aliphatic heterocycles. The average molecular weight is 339 g/mol. The zero-order chi connectivity index (χ0) is 17.6. The van der Waals surface area contributed by atoms with Crippen molar-refractivity contribution in [3.05, 3.63) is 94.3 Å². The molecule has 0 radical (unpaired) electrons. The molecule has 3 aromatic rings. The Hall–Kier alpha value is -3.41. The van der Waals surface area contributed by atoms with Crippen LogP contribution in [0.2, 0.25) is 0 Å². The fourth-order valence-corrected chi connectivity index (χ4v) is 2.11. The first-order valence-corrected chi connectivity index (χ1v) is 7.49. The molecule has 1 aromatic heterocycles. The van der Waals surface area contributed by atoms with Gasteiger partial charge in [0.1, 0.15) is 18.7 Å². The van der Waals surface area contributed by atoms with Gasteiger partial charge >= 0.3 is 0 Å². The Bertz CT molecular complexity index is 937. The summed E-state index contributed by atoms with van der Waals surface area (Å²) in [4.78, 5) is 24.1. The number of para-hydroxylation sites is 1. The maximum atomic E-state index is 13.5. The molecule has 0 atom stereocenters. The van der Waals surface area contributed by atoms with Crippen LogP contribution in [0.4, 0.5) is 10.1 Å². The predicted octanol–water partition coefficient (Wildman–Crippen LogP) is 3.61. The predicted molar refractivity (Wildman–Crippen MR) is 90.1 cm³/mol. The van der Waals surface area contributed by atoms with E-state index in [0.29, 0.717) is 11.3 Å². The Morgan fingerprint density at radius 2 is 1.80 bits per heavy atom. The van der Waals surface area contributed by atoms with Crippen LogP contribution < -0.4 is 15.5 Å². The molecule has 25 heavy (non-hydrogen) atoms. The molecule has 3 rings (SSSR count). The summed E-state index contributed by atoms with van der Waals surface area (Å²) in [6, 6.07) is 15.9. The molecule has 0 aliphatic carbocycles. The fourth-order valence-electron chi connectivity index (χ4n) is 2.11. The van der Waals surface area contributed by atoms with Crippen molar-refractivity contribution in [3.63, 3.8) is 0 Å². The molecule has 5 nitrogen and oxygen atoms in total. The number of rotatable bonds is 5. The smallest absolute Gasteiger partial charge is 0.291 e. The molecule has 1 heterocycles. The highest BCUT2D eigenvalue weighted by Crippen LogP contribution is 2.13. The lowest BCUT2D eigenvalue weighted by atomic mass is 10.2. The normalized spacial score (nSPS) is 10.3. The van der Waals surface area contributed by atoms with E-state index >= 15 is 0 Å². The average Bonchev–Trinajstić information content (AvgIpc) is 2.62. The first-order chi connectivity index (χ1) is 12.1. The molecule has 0 aliphatic rings. The number of benzene rings is 2. The third-order valence-corrected chi connectivity index (χ3v) is 3.39. The summed E-state index contributed by atoms with van der Waals surface area (Å²) >= 11 is 0. The van der Waals surface area contributed by atoms with Crippen LogP contribution in [0.25, 0.3) is 0 Å². The van der Waals surface area contributed by atoms with Gasteiger partial charge in [0.2, 0.25) is 11.2 Å². The van der Waals surface area contributed by atoms with Crippen molar-refractivity contribution in [2.24, 2.45) is 0 Å². The molecule has 2 aromatic carbocycles. The van der Waals surface area contributed by atoms with Gasteiger partial charge in [0.05, 0.1) is 0 Å². The molecule has 126 valence electrons. The Morgan fingerprint density at radius 3 is 2.52 bits per heavy atom. The van der Waals surface area contributed by atoms with Gasteiger partial charge in [0.25, 0.3) is 5.91 Å². The molecule has 0 saturated carbocycles. The minimum absolute atomic E-state index is 0.0977. The molecular weight excluding hydrogens is 325 g/mol. The Balaban J connectivity index is 1.69. The number of carbonyl (C=O) groups excluding carboxylic acids is 1. The van der Waals surface area contributed by atoms with Crippen LogP contribution >= 0.6 is 0 Å². The van der Waals surface area contributed by atoms with Crippen LogP contribution in [-0.4, -0.2) is 5.91 Å². The monoisotopic (exact) mass is 339 g/mol.